The van der Waals surface area contributed by atoms with Gasteiger partial charge in [0.15, 0.2) is 0 Å². The van der Waals surface area contributed by atoms with Crippen molar-refractivity contribution >= 4 is 5.78 Å². The van der Waals surface area contributed by atoms with E-state index in [2.05, 4.69) is 13.0 Å². The second kappa shape index (κ2) is 5.52. The Morgan fingerprint density at radius 2 is 2.24 bits per heavy atom. The lowest BCUT2D eigenvalue weighted by molar-refractivity contribution is -0.125. The molecule has 2 heteroatoms. The first-order valence-corrected chi connectivity index (χ1v) is 6.81. The Balaban J connectivity index is 2.18. The van der Waals surface area contributed by atoms with Crippen LogP contribution in [-0.4, -0.2) is 5.78 Å². The van der Waals surface area contributed by atoms with Crippen molar-refractivity contribution in [1.29, 1.82) is 0 Å². The molecule has 0 N–H and O–H groups in total. The van der Waals surface area contributed by atoms with Gasteiger partial charge in [-0.1, -0.05) is 19.8 Å². The normalized spacial score (nSPS) is 22.7. The molecule has 94 valence electrons. The zero-order valence-corrected chi connectivity index (χ0v) is 10.9. The second-order valence-corrected chi connectivity index (χ2v) is 5.16. The number of Topliss-reactive ketones (excluding diaryl/α,β-unsaturated/α-hetero) is 1. The zero-order chi connectivity index (χ0) is 12.3. The van der Waals surface area contributed by atoms with Crippen LogP contribution in [-0.2, 0) is 4.79 Å². The molecule has 2 rings (SSSR count). The van der Waals surface area contributed by atoms with Gasteiger partial charge in [0.25, 0.3) is 0 Å². The minimum Gasteiger partial charge on any atom is -0.466 e. The molecular formula is C15H22O2. The molecule has 1 heterocycles. The maximum Gasteiger partial charge on any atom is 0.136 e. The molecule has 1 aliphatic rings. The molecule has 1 aromatic heterocycles. The Kier molecular flexibility index (Phi) is 4.03. The van der Waals surface area contributed by atoms with E-state index in [1.807, 2.05) is 13.0 Å². The van der Waals surface area contributed by atoms with Crippen molar-refractivity contribution in [3.63, 3.8) is 0 Å². The number of carbonyl (C=O) groups is 1. The summed E-state index contributed by atoms with van der Waals surface area (Å²) in [6, 6.07) is 4.06. The molecule has 1 aliphatic carbocycles. The molecule has 17 heavy (non-hydrogen) atoms. The third-order valence-corrected chi connectivity index (χ3v) is 3.81. The summed E-state index contributed by atoms with van der Waals surface area (Å²) < 4.78 is 5.75. The first kappa shape index (κ1) is 12.4. The van der Waals surface area contributed by atoms with Crippen LogP contribution in [0.25, 0.3) is 0 Å². The number of hydrogen-bond donors (Lipinski definition) is 0. The summed E-state index contributed by atoms with van der Waals surface area (Å²) in [5.41, 5.74) is 0. The molecule has 0 spiro atoms. The van der Waals surface area contributed by atoms with Gasteiger partial charge in [0.2, 0.25) is 0 Å². The maximum atomic E-state index is 12.0. The first-order chi connectivity index (χ1) is 8.22. The van der Waals surface area contributed by atoms with E-state index in [9.17, 15) is 4.79 Å². The highest BCUT2D eigenvalue weighted by atomic mass is 16.3. The number of ketones is 1. The van der Waals surface area contributed by atoms with E-state index in [4.69, 9.17) is 4.42 Å². The van der Waals surface area contributed by atoms with Crippen LogP contribution in [0, 0.1) is 12.8 Å². The zero-order valence-electron chi connectivity index (χ0n) is 10.9. The van der Waals surface area contributed by atoms with Gasteiger partial charge in [-0.3, -0.25) is 4.79 Å². The molecule has 0 amide bonds. The highest BCUT2D eigenvalue weighted by Crippen LogP contribution is 2.37. The lowest BCUT2D eigenvalue weighted by Crippen LogP contribution is -2.25. The summed E-state index contributed by atoms with van der Waals surface area (Å²) in [4.78, 5) is 12.0. The lowest BCUT2D eigenvalue weighted by Gasteiger charge is -2.27. The number of furan rings is 1. The van der Waals surface area contributed by atoms with Crippen molar-refractivity contribution in [1.82, 2.24) is 0 Å². The molecule has 2 atom stereocenters. The van der Waals surface area contributed by atoms with Crippen molar-refractivity contribution in [3.05, 3.63) is 23.7 Å². The minimum absolute atomic E-state index is 0.203. The van der Waals surface area contributed by atoms with Crippen LogP contribution in [0.5, 0.6) is 0 Å². The molecule has 1 saturated carbocycles. The predicted octanol–water partition coefficient (Wildman–Crippen LogP) is 4.23. The molecule has 2 nitrogen and oxygen atoms in total. The Hall–Kier alpha value is -1.05. The van der Waals surface area contributed by atoms with Gasteiger partial charge in [0, 0.05) is 18.3 Å². The maximum absolute atomic E-state index is 12.0. The summed E-state index contributed by atoms with van der Waals surface area (Å²) >= 11 is 0. The Labute approximate surface area is 103 Å². The van der Waals surface area contributed by atoms with Crippen LogP contribution in [0.3, 0.4) is 0 Å². The molecule has 1 fully saturated rings. The van der Waals surface area contributed by atoms with Crippen LogP contribution in [0.2, 0.25) is 0 Å². The second-order valence-electron chi connectivity index (χ2n) is 5.16. The fourth-order valence-corrected chi connectivity index (χ4v) is 2.94. The highest BCUT2D eigenvalue weighted by molar-refractivity contribution is 5.82. The summed E-state index contributed by atoms with van der Waals surface area (Å²) in [6.07, 6.45) is 6.24. The van der Waals surface area contributed by atoms with E-state index in [-0.39, 0.29) is 5.92 Å². The fourth-order valence-electron chi connectivity index (χ4n) is 2.94. The summed E-state index contributed by atoms with van der Waals surface area (Å²) in [5, 5.41) is 0. The SMILES string of the molecule is CCCC(c1ccc(C)o1)C1CCCCC1=O. The van der Waals surface area contributed by atoms with Gasteiger partial charge in [0.1, 0.15) is 17.3 Å². The van der Waals surface area contributed by atoms with Crippen LogP contribution in [0.15, 0.2) is 16.5 Å². The number of hydrogen-bond acceptors (Lipinski definition) is 2. The smallest absolute Gasteiger partial charge is 0.136 e. The monoisotopic (exact) mass is 234 g/mol. The van der Waals surface area contributed by atoms with Crippen LogP contribution in [0.4, 0.5) is 0 Å². The minimum atomic E-state index is 0.203. The number of carbonyl (C=O) groups excluding carboxylic acids is 1. The van der Waals surface area contributed by atoms with Gasteiger partial charge < -0.3 is 4.42 Å². The Morgan fingerprint density at radius 3 is 2.82 bits per heavy atom. The van der Waals surface area contributed by atoms with E-state index in [1.165, 1.54) is 6.42 Å². The van der Waals surface area contributed by atoms with Crippen molar-refractivity contribution in [2.24, 2.45) is 5.92 Å². The standard InChI is InChI=1S/C15H22O2/c1-3-6-13(15-10-9-11(2)17-15)12-7-4-5-8-14(12)16/h9-10,12-13H,3-8H2,1-2H3. The summed E-state index contributed by atoms with van der Waals surface area (Å²) in [5.74, 6) is 2.92. The van der Waals surface area contributed by atoms with E-state index in [0.717, 1.165) is 43.6 Å². The topological polar surface area (TPSA) is 30.2 Å². The van der Waals surface area contributed by atoms with Crippen LogP contribution < -0.4 is 0 Å². The molecule has 0 aliphatic heterocycles. The van der Waals surface area contributed by atoms with Crippen LogP contribution in [0.1, 0.15) is 62.9 Å². The van der Waals surface area contributed by atoms with Gasteiger partial charge in [-0.25, -0.2) is 0 Å². The Bertz CT molecular complexity index is 378. The van der Waals surface area contributed by atoms with Crippen molar-refractivity contribution in [3.8, 4) is 0 Å². The molecule has 0 radical (unpaired) electrons. The largest absolute Gasteiger partial charge is 0.466 e. The molecule has 0 saturated heterocycles. The average Bonchev–Trinajstić information content (AvgIpc) is 2.74. The number of rotatable bonds is 4. The summed E-state index contributed by atoms with van der Waals surface area (Å²) in [7, 11) is 0. The van der Waals surface area contributed by atoms with Crippen LogP contribution >= 0.6 is 0 Å². The molecule has 2 unspecified atom stereocenters. The fraction of sp³-hybridized carbons (Fsp3) is 0.667. The van der Waals surface area contributed by atoms with Gasteiger partial charge >= 0.3 is 0 Å². The molecule has 1 aromatic rings. The van der Waals surface area contributed by atoms with E-state index in [0.29, 0.717) is 11.7 Å². The van der Waals surface area contributed by atoms with Crippen molar-refractivity contribution in [2.75, 3.05) is 0 Å². The lowest BCUT2D eigenvalue weighted by atomic mass is 9.76. The van der Waals surface area contributed by atoms with E-state index < -0.39 is 0 Å². The van der Waals surface area contributed by atoms with Crippen molar-refractivity contribution < 1.29 is 9.21 Å². The van der Waals surface area contributed by atoms with Gasteiger partial charge in [-0.15, -0.1) is 0 Å². The quantitative estimate of drug-likeness (QED) is 0.780. The molecular weight excluding hydrogens is 212 g/mol. The van der Waals surface area contributed by atoms with Crippen molar-refractivity contribution in [2.45, 2.75) is 58.3 Å². The molecule has 0 bridgehead atoms. The van der Waals surface area contributed by atoms with Gasteiger partial charge in [-0.05, 0) is 38.3 Å². The van der Waals surface area contributed by atoms with E-state index >= 15 is 0 Å². The van der Waals surface area contributed by atoms with Gasteiger partial charge in [-0.2, -0.15) is 0 Å². The third kappa shape index (κ3) is 2.80. The summed E-state index contributed by atoms with van der Waals surface area (Å²) in [6.45, 7) is 4.14. The predicted molar refractivity (Wildman–Crippen MR) is 68.1 cm³/mol. The van der Waals surface area contributed by atoms with Gasteiger partial charge in [0.05, 0.1) is 0 Å². The molecule has 0 aromatic carbocycles. The third-order valence-electron chi connectivity index (χ3n) is 3.81. The Morgan fingerprint density at radius 1 is 1.41 bits per heavy atom. The first-order valence-electron chi connectivity index (χ1n) is 6.81. The van der Waals surface area contributed by atoms with E-state index in [1.54, 1.807) is 0 Å². The number of aryl methyl sites for hydroxylation is 1. The average molecular weight is 234 g/mol. The highest BCUT2D eigenvalue weighted by Gasteiger charge is 2.32.